The summed E-state index contributed by atoms with van der Waals surface area (Å²) in [7, 11) is -1.78. The SMILES string of the molecule is CCOc1cc(OCC)c(CO[Si](C)(C)C(C)(C)C)cc1Br. The van der Waals surface area contributed by atoms with E-state index in [1.165, 1.54) is 0 Å². The third kappa shape index (κ3) is 5.00. The minimum Gasteiger partial charge on any atom is -0.493 e. The predicted octanol–water partition coefficient (Wildman–Crippen LogP) is 5.77. The summed E-state index contributed by atoms with van der Waals surface area (Å²) in [5.74, 6) is 1.65. The molecule has 126 valence electrons. The Bertz CT molecular complexity index is 495. The van der Waals surface area contributed by atoms with Gasteiger partial charge < -0.3 is 13.9 Å². The van der Waals surface area contributed by atoms with Crippen LogP contribution in [-0.4, -0.2) is 21.5 Å². The van der Waals surface area contributed by atoms with E-state index in [1.54, 1.807) is 0 Å². The van der Waals surface area contributed by atoms with Crippen molar-refractivity contribution in [2.24, 2.45) is 0 Å². The first-order chi connectivity index (χ1) is 10.1. The van der Waals surface area contributed by atoms with Crippen molar-refractivity contribution >= 4 is 24.2 Å². The fourth-order valence-electron chi connectivity index (χ4n) is 1.72. The van der Waals surface area contributed by atoms with Crippen molar-refractivity contribution in [1.82, 2.24) is 0 Å². The van der Waals surface area contributed by atoms with Gasteiger partial charge in [0, 0.05) is 11.6 Å². The van der Waals surface area contributed by atoms with Crippen molar-refractivity contribution in [2.45, 2.75) is 59.4 Å². The van der Waals surface area contributed by atoms with Crippen LogP contribution in [0.15, 0.2) is 16.6 Å². The second-order valence-electron chi connectivity index (χ2n) is 6.81. The summed E-state index contributed by atoms with van der Waals surface area (Å²) >= 11 is 3.57. The molecule has 22 heavy (non-hydrogen) atoms. The molecule has 0 aliphatic heterocycles. The molecule has 3 nitrogen and oxygen atoms in total. The van der Waals surface area contributed by atoms with Crippen LogP contribution in [0.25, 0.3) is 0 Å². The van der Waals surface area contributed by atoms with E-state index in [2.05, 4.69) is 49.8 Å². The van der Waals surface area contributed by atoms with E-state index in [9.17, 15) is 0 Å². The Hall–Kier alpha value is -0.523. The van der Waals surface area contributed by atoms with E-state index in [1.807, 2.05) is 26.0 Å². The lowest BCUT2D eigenvalue weighted by molar-refractivity contribution is 0.262. The minimum atomic E-state index is -1.78. The molecule has 0 N–H and O–H groups in total. The zero-order valence-electron chi connectivity index (χ0n) is 14.9. The quantitative estimate of drug-likeness (QED) is 0.554. The standard InChI is InChI=1S/C17H29BrO3Si/c1-8-19-15-11-16(20-9-2)14(18)10-13(15)12-21-22(6,7)17(3,4)5/h10-11H,8-9,12H2,1-7H3. The van der Waals surface area contributed by atoms with Gasteiger partial charge in [-0.2, -0.15) is 0 Å². The topological polar surface area (TPSA) is 27.7 Å². The van der Waals surface area contributed by atoms with E-state index in [0.717, 1.165) is 21.5 Å². The van der Waals surface area contributed by atoms with Crippen molar-refractivity contribution in [2.75, 3.05) is 13.2 Å². The van der Waals surface area contributed by atoms with Crippen LogP contribution in [0.5, 0.6) is 11.5 Å². The molecule has 0 unspecified atom stereocenters. The molecule has 0 radical (unpaired) electrons. The van der Waals surface area contributed by atoms with E-state index in [0.29, 0.717) is 19.8 Å². The smallest absolute Gasteiger partial charge is 0.192 e. The van der Waals surface area contributed by atoms with Crippen molar-refractivity contribution in [1.29, 1.82) is 0 Å². The van der Waals surface area contributed by atoms with Crippen molar-refractivity contribution in [3.63, 3.8) is 0 Å². The van der Waals surface area contributed by atoms with Gasteiger partial charge in [0.05, 0.1) is 24.3 Å². The Kier molecular flexibility index (Phi) is 6.96. The van der Waals surface area contributed by atoms with Crippen LogP contribution in [0, 0.1) is 0 Å². The Morgan fingerprint density at radius 1 is 1.00 bits per heavy atom. The lowest BCUT2D eigenvalue weighted by atomic mass is 10.2. The molecular weight excluding hydrogens is 360 g/mol. The van der Waals surface area contributed by atoms with Crippen LogP contribution in [0.1, 0.15) is 40.2 Å². The summed E-state index contributed by atoms with van der Waals surface area (Å²) in [6.45, 7) is 17.0. The molecule has 0 saturated heterocycles. The van der Waals surface area contributed by atoms with Crippen molar-refractivity contribution < 1.29 is 13.9 Å². The average Bonchev–Trinajstić information content (AvgIpc) is 2.40. The zero-order chi connectivity index (χ0) is 17.0. The molecule has 0 spiro atoms. The number of benzene rings is 1. The molecular formula is C17H29BrO3Si. The third-order valence-electron chi connectivity index (χ3n) is 4.11. The molecule has 0 aliphatic rings. The molecule has 0 bridgehead atoms. The lowest BCUT2D eigenvalue weighted by Gasteiger charge is -2.36. The number of halogens is 1. The highest BCUT2D eigenvalue weighted by Crippen LogP contribution is 2.39. The van der Waals surface area contributed by atoms with Crippen LogP contribution < -0.4 is 9.47 Å². The van der Waals surface area contributed by atoms with Crippen LogP contribution >= 0.6 is 15.9 Å². The molecule has 0 aliphatic carbocycles. The summed E-state index contributed by atoms with van der Waals surface area (Å²) in [5, 5.41) is 0.196. The molecule has 0 atom stereocenters. The summed E-state index contributed by atoms with van der Waals surface area (Å²) in [6, 6.07) is 3.99. The number of ether oxygens (including phenoxy) is 2. The summed E-state index contributed by atoms with van der Waals surface area (Å²) in [4.78, 5) is 0. The molecule has 0 amide bonds. The maximum Gasteiger partial charge on any atom is 0.192 e. The molecule has 0 aromatic heterocycles. The van der Waals surface area contributed by atoms with E-state index in [4.69, 9.17) is 13.9 Å². The first-order valence-electron chi connectivity index (χ1n) is 7.84. The second-order valence-corrected chi connectivity index (χ2v) is 12.5. The highest BCUT2D eigenvalue weighted by Gasteiger charge is 2.37. The Labute approximate surface area is 144 Å². The van der Waals surface area contributed by atoms with Gasteiger partial charge in [-0.1, -0.05) is 20.8 Å². The van der Waals surface area contributed by atoms with E-state index < -0.39 is 8.32 Å². The number of hydrogen-bond donors (Lipinski definition) is 0. The molecule has 1 aromatic carbocycles. The molecule has 1 rings (SSSR count). The van der Waals surface area contributed by atoms with Crippen molar-refractivity contribution in [3.8, 4) is 11.5 Å². The monoisotopic (exact) mass is 388 g/mol. The van der Waals surface area contributed by atoms with Gasteiger partial charge in [0.25, 0.3) is 0 Å². The first-order valence-corrected chi connectivity index (χ1v) is 11.5. The average molecular weight is 389 g/mol. The second kappa shape index (κ2) is 7.84. The minimum absolute atomic E-state index is 0.196. The molecule has 0 fully saturated rings. The summed E-state index contributed by atoms with van der Waals surface area (Å²) in [6.07, 6.45) is 0. The van der Waals surface area contributed by atoms with E-state index in [-0.39, 0.29) is 5.04 Å². The first kappa shape index (κ1) is 19.5. The zero-order valence-corrected chi connectivity index (χ0v) is 17.5. The number of rotatable bonds is 7. The van der Waals surface area contributed by atoms with Crippen LogP contribution in [-0.2, 0) is 11.0 Å². The predicted molar refractivity (Wildman–Crippen MR) is 98.5 cm³/mol. The molecule has 0 saturated carbocycles. The van der Waals surface area contributed by atoms with Gasteiger partial charge in [-0.15, -0.1) is 0 Å². The fraction of sp³-hybridized carbons (Fsp3) is 0.647. The van der Waals surface area contributed by atoms with Gasteiger partial charge in [0.15, 0.2) is 8.32 Å². The molecule has 1 aromatic rings. The highest BCUT2D eigenvalue weighted by atomic mass is 79.9. The van der Waals surface area contributed by atoms with Crippen LogP contribution in [0.4, 0.5) is 0 Å². The maximum absolute atomic E-state index is 6.32. The Morgan fingerprint density at radius 3 is 2.05 bits per heavy atom. The fourth-order valence-corrected chi connectivity index (χ4v) is 3.17. The van der Waals surface area contributed by atoms with Gasteiger partial charge in [0.2, 0.25) is 0 Å². The Balaban J connectivity index is 3.01. The largest absolute Gasteiger partial charge is 0.493 e. The normalized spacial score (nSPS) is 12.4. The van der Waals surface area contributed by atoms with Gasteiger partial charge in [-0.25, -0.2) is 0 Å². The summed E-state index contributed by atoms with van der Waals surface area (Å²) in [5.41, 5.74) is 1.06. The maximum atomic E-state index is 6.32. The third-order valence-corrected chi connectivity index (χ3v) is 9.21. The highest BCUT2D eigenvalue weighted by molar-refractivity contribution is 9.10. The van der Waals surface area contributed by atoms with Gasteiger partial charge >= 0.3 is 0 Å². The van der Waals surface area contributed by atoms with E-state index >= 15 is 0 Å². The van der Waals surface area contributed by atoms with Crippen LogP contribution in [0.2, 0.25) is 18.1 Å². The molecule has 0 heterocycles. The van der Waals surface area contributed by atoms with Crippen molar-refractivity contribution in [3.05, 3.63) is 22.2 Å². The Morgan fingerprint density at radius 2 is 1.55 bits per heavy atom. The lowest BCUT2D eigenvalue weighted by Crippen LogP contribution is -2.40. The molecule has 5 heteroatoms. The van der Waals surface area contributed by atoms with Gasteiger partial charge in [-0.05, 0) is 54.0 Å². The van der Waals surface area contributed by atoms with Crippen LogP contribution in [0.3, 0.4) is 0 Å². The van der Waals surface area contributed by atoms with Gasteiger partial charge in [0.1, 0.15) is 11.5 Å². The van der Waals surface area contributed by atoms with Gasteiger partial charge in [-0.3, -0.25) is 0 Å². The number of hydrogen-bond acceptors (Lipinski definition) is 3. The summed E-state index contributed by atoms with van der Waals surface area (Å²) < 4.78 is 18.6.